The Bertz CT molecular complexity index is 726. The molecule has 0 bridgehead atoms. The molecular weight excluding hydrogens is 312 g/mol. The largest absolute Gasteiger partial charge is 0.478 e. The molecule has 2 aliphatic rings. The average Bonchev–Trinajstić information content (AvgIpc) is 2.52. The van der Waals surface area contributed by atoms with Crippen LogP contribution < -0.4 is 0 Å². The van der Waals surface area contributed by atoms with Crippen LogP contribution in [0, 0.1) is 10.8 Å². The van der Waals surface area contributed by atoms with Crippen molar-refractivity contribution in [1.29, 1.82) is 0 Å². The number of carboxylic acids is 1. The van der Waals surface area contributed by atoms with Gasteiger partial charge in [-0.1, -0.05) is 24.6 Å². The van der Waals surface area contributed by atoms with Gasteiger partial charge in [0.25, 0.3) is 0 Å². The molecular formula is C18H22O6. The molecule has 2 atom stereocenters. The molecule has 0 saturated heterocycles. The van der Waals surface area contributed by atoms with Crippen molar-refractivity contribution in [3.05, 3.63) is 34.4 Å². The second-order valence-electron chi connectivity index (χ2n) is 6.48. The molecule has 2 aliphatic carbocycles. The highest BCUT2D eigenvalue weighted by Gasteiger charge is 2.75. The molecule has 2 unspecified atom stereocenters. The van der Waals surface area contributed by atoms with Crippen molar-refractivity contribution in [1.82, 2.24) is 0 Å². The Morgan fingerprint density at radius 2 is 1.58 bits per heavy atom. The molecule has 0 spiro atoms. The van der Waals surface area contributed by atoms with Gasteiger partial charge in [-0.05, 0) is 33.3 Å². The van der Waals surface area contributed by atoms with E-state index < -0.39 is 28.7 Å². The molecule has 130 valence electrons. The second kappa shape index (κ2) is 5.61. The summed E-state index contributed by atoms with van der Waals surface area (Å²) in [5.74, 6) is -2.28. The van der Waals surface area contributed by atoms with Gasteiger partial charge >= 0.3 is 17.9 Å². The Hall–Kier alpha value is -2.37. The third-order valence-electron chi connectivity index (χ3n) is 5.54. The van der Waals surface area contributed by atoms with Crippen molar-refractivity contribution in [2.24, 2.45) is 10.8 Å². The van der Waals surface area contributed by atoms with Crippen LogP contribution in [0.3, 0.4) is 0 Å². The summed E-state index contributed by atoms with van der Waals surface area (Å²) >= 11 is 0. The fourth-order valence-corrected chi connectivity index (χ4v) is 4.00. The van der Waals surface area contributed by atoms with Crippen LogP contribution in [0.2, 0.25) is 0 Å². The van der Waals surface area contributed by atoms with E-state index in [1.54, 1.807) is 13.8 Å². The van der Waals surface area contributed by atoms with E-state index in [1.807, 2.05) is 13.8 Å². The lowest BCUT2D eigenvalue weighted by Gasteiger charge is -2.65. The van der Waals surface area contributed by atoms with Crippen LogP contribution in [0.5, 0.6) is 0 Å². The molecule has 0 radical (unpaired) electrons. The van der Waals surface area contributed by atoms with Gasteiger partial charge in [0.05, 0.1) is 5.57 Å². The third-order valence-corrected chi connectivity index (χ3v) is 5.54. The number of rotatable bonds is 6. The summed E-state index contributed by atoms with van der Waals surface area (Å²) in [4.78, 5) is 35.6. The van der Waals surface area contributed by atoms with Crippen molar-refractivity contribution in [3.8, 4) is 0 Å². The molecule has 6 heteroatoms. The Labute approximate surface area is 140 Å². The number of carboxylic acid groups (broad SMARTS) is 1. The summed E-state index contributed by atoms with van der Waals surface area (Å²) in [5, 5.41) is 9.50. The normalized spacial score (nSPS) is 27.7. The molecule has 0 aliphatic heterocycles. The number of ether oxygens (including phenoxy) is 2. The monoisotopic (exact) mass is 334 g/mol. The van der Waals surface area contributed by atoms with Crippen molar-refractivity contribution < 1.29 is 29.0 Å². The van der Waals surface area contributed by atoms with Crippen molar-refractivity contribution in [2.45, 2.75) is 34.6 Å². The van der Waals surface area contributed by atoms with Gasteiger partial charge < -0.3 is 14.6 Å². The summed E-state index contributed by atoms with van der Waals surface area (Å²) in [6.07, 6.45) is 0. The quantitative estimate of drug-likeness (QED) is 0.347. The van der Waals surface area contributed by atoms with Crippen LogP contribution in [0.15, 0.2) is 34.4 Å². The highest BCUT2D eigenvalue weighted by atomic mass is 16.6. The smallest absolute Gasteiger partial charge is 0.333 e. The van der Waals surface area contributed by atoms with Gasteiger partial charge in [-0.3, -0.25) is 4.79 Å². The minimum Gasteiger partial charge on any atom is -0.478 e. The van der Waals surface area contributed by atoms with Crippen LogP contribution in [0.4, 0.5) is 0 Å². The number of fused-ring (bicyclic) bond motifs is 1. The Balaban J connectivity index is 2.15. The zero-order valence-electron chi connectivity index (χ0n) is 14.6. The van der Waals surface area contributed by atoms with E-state index >= 15 is 0 Å². The molecule has 2 rings (SSSR count). The fourth-order valence-electron chi connectivity index (χ4n) is 4.00. The number of esters is 2. The topological polar surface area (TPSA) is 89.9 Å². The highest BCUT2D eigenvalue weighted by molar-refractivity contribution is 6.07. The molecule has 0 aromatic rings. The number of carbonyl (C=O) groups excluding carboxylic acids is 2. The number of carbonyl (C=O) groups is 3. The third kappa shape index (κ3) is 1.92. The van der Waals surface area contributed by atoms with Crippen LogP contribution in [0.25, 0.3) is 0 Å². The summed E-state index contributed by atoms with van der Waals surface area (Å²) < 4.78 is 10.1. The first kappa shape index (κ1) is 18.0. The van der Waals surface area contributed by atoms with Crippen molar-refractivity contribution in [2.75, 3.05) is 13.2 Å². The predicted molar refractivity (Wildman–Crippen MR) is 86.0 cm³/mol. The maximum absolute atomic E-state index is 12.7. The van der Waals surface area contributed by atoms with Crippen LogP contribution in [-0.4, -0.2) is 36.2 Å². The standard InChI is InChI=1S/C18H22O6/c1-9(2)15(21)23-7-8-24-16(22)18-11(4)10(3)17(18,6)12(5)13(18)14(19)20/h1,7-8H2,2-6H3,(H,19,20). The highest BCUT2D eigenvalue weighted by Crippen LogP contribution is 2.75. The van der Waals surface area contributed by atoms with Gasteiger partial charge in [0.1, 0.15) is 18.6 Å². The zero-order chi connectivity index (χ0) is 18.4. The molecule has 24 heavy (non-hydrogen) atoms. The molecule has 1 N–H and O–H groups in total. The first-order valence-corrected chi connectivity index (χ1v) is 7.68. The first-order valence-electron chi connectivity index (χ1n) is 7.68. The van der Waals surface area contributed by atoms with Crippen molar-refractivity contribution in [3.63, 3.8) is 0 Å². The van der Waals surface area contributed by atoms with E-state index in [1.165, 1.54) is 6.92 Å². The fraction of sp³-hybridized carbons (Fsp3) is 0.500. The minimum absolute atomic E-state index is 0.0945. The van der Waals surface area contributed by atoms with E-state index in [0.717, 1.165) is 11.1 Å². The summed E-state index contributed by atoms with van der Waals surface area (Å²) in [7, 11) is 0. The van der Waals surface area contributed by atoms with E-state index in [4.69, 9.17) is 9.47 Å². The molecule has 0 heterocycles. The zero-order valence-corrected chi connectivity index (χ0v) is 14.6. The lowest BCUT2D eigenvalue weighted by molar-refractivity contribution is -0.166. The van der Waals surface area contributed by atoms with Crippen LogP contribution >= 0.6 is 0 Å². The van der Waals surface area contributed by atoms with E-state index in [-0.39, 0.29) is 24.4 Å². The van der Waals surface area contributed by atoms with Gasteiger partial charge in [-0.25, -0.2) is 9.59 Å². The van der Waals surface area contributed by atoms with Crippen molar-refractivity contribution >= 4 is 17.9 Å². The molecule has 6 nitrogen and oxygen atoms in total. The molecule has 0 aromatic heterocycles. The summed E-state index contributed by atoms with van der Waals surface area (Å²) in [6, 6.07) is 0. The molecule has 0 saturated carbocycles. The van der Waals surface area contributed by atoms with Gasteiger partial charge in [-0.2, -0.15) is 0 Å². The Morgan fingerprint density at radius 3 is 2.08 bits per heavy atom. The SMILES string of the molecule is C=C(C)C(=O)OCCOC(=O)C12C(C)=C(C)C1(C)C(C)=C2C(=O)O. The maximum Gasteiger partial charge on any atom is 0.333 e. The molecule has 0 amide bonds. The second-order valence-corrected chi connectivity index (χ2v) is 6.48. The minimum atomic E-state index is -1.23. The van der Waals surface area contributed by atoms with Gasteiger partial charge in [0.15, 0.2) is 0 Å². The Kier molecular flexibility index (Phi) is 4.20. The number of allylic oxidation sites excluding steroid dienone is 2. The van der Waals surface area contributed by atoms with Crippen LogP contribution in [-0.2, 0) is 23.9 Å². The predicted octanol–water partition coefficient (Wildman–Crippen LogP) is 2.41. The number of aliphatic carboxylic acids is 1. The first-order chi connectivity index (χ1) is 11.0. The summed E-state index contributed by atoms with van der Waals surface area (Å²) in [5.41, 5.74) is 0.904. The van der Waals surface area contributed by atoms with E-state index in [0.29, 0.717) is 5.57 Å². The van der Waals surface area contributed by atoms with E-state index in [9.17, 15) is 19.5 Å². The molecule has 0 fully saturated rings. The lowest BCUT2D eigenvalue weighted by Crippen LogP contribution is -2.66. The van der Waals surface area contributed by atoms with Gasteiger partial charge in [0.2, 0.25) is 0 Å². The lowest BCUT2D eigenvalue weighted by atomic mass is 9.35. The number of hydrogen-bond acceptors (Lipinski definition) is 5. The average molecular weight is 334 g/mol. The maximum atomic E-state index is 12.7. The Morgan fingerprint density at radius 1 is 1.04 bits per heavy atom. The summed E-state index contributed by atoms with van der Waals surface area (Å²) in [6.45, 7) is 12.0. The van der Waals surface area contributed by atoms with E-state index in [2.05, 4.69) is 6.58 Å². The van der Waals surface area contributed by atoms with Gasteiger partial charge in [-0.15, -0.1) is 0 Å². The van der Waals surface area contributed by atoms with Gasteiger partial charge in [0, 0.05) is 11.0 Å². The number of hydrogen-bond donors (Lipinski definition) is 1. The van der Waals surface area contributed by atoms with Crippen LogP contribution in [0.1, 0.15) is 34.6 Å². The molecule has 0 aromatic carbocycles.